The van der Waals surface area contributed by atoms with Crippen LogP contribution in [0.2, 0.25) is 0 Å². The zero-order valence-corrected chi connectivity index (χ0v) is 13.5. The number of hydrogen-bond donors (Lipinski definition) is 0. The normalized spacial score (nSPS) is 15.1. The number of carbonyl (C=O) groups excluding carboxylic acids is 1. The van der Waals surface area contributed by atoms with Gasteiger partial charge in [-0.3, -0.25) is 9.79 Å². The summed E-state index contributed by atoms with van der Waals surface area (Å²) in [4.78, 5) is 17.3. The fraction of sp³-hybridized carbons (Fsp3) is 0.200. The molecule has 2 aromatic carbocycles. The number of para-hydroxylation sites is 1. The molecule has 0 N–H and O–H groups in total. The van der Waals surface area contributed by atoms with E-state index in [1.807, 2.05) is 36.4 Å². The lowest BCUT2D eigenvalue weighted by Crippen LogP contribution is -2.16. The summed E-state index contributed by atoms with van der Waals surface area (Å²) in [6.45, 7) is 0.915. The van der Waals surface area contributed by atoms with Crippen molar-refractivity contribution in [3.63, 3.8) is 0 Å². The number of Topliss-reactive ketones (excluding diaryl/α,β-unsaturated/α-hetero) is 1. The minimum atomic E-state index is -0.0690. The van der Waals surface area contributed by atoms with Crippen LogP contribution in [0.3, 0.4) is 0 Å². The summed E-state index contributed by atoms with van der Waals surface area (Å²) in [7, 11) is 0. The van der Waals surface area contributed by atoms with Crippen molar-refractivity contribution in [2.24, 2.45) is 4.99 Å². The van der Waals surface area contributed by atoms with Crippen LogP contribution >= 0.6 is 0 Å². The van der Waals surface area contributed by atoms with Crippen LogP contribution in [0.25, 0.3) is 11.0 Å². The predicted molar refractivity (Wildman–Crippen MR) is 92.8 cm³/mol. The van der Waals surface area contributed by atoms with Gasteiger partial charge in [-0.1, -0.05) is 18.2 Å². The molecule has 5 nitrogen and oxygen atoms in total. The maximum Gasteiger partial charge on any atom is 0.231 e. The lowest BCUT2D eigenvalue weighted by molar-refractivity contribution is 0.0976. The van der Waals surface area contributed by atoms with Crippen LogP contribution in [-0.2, 0) is 6.42 Å². The average molecular weight is 333 g/mol. The summed E-state index contributed by atoms with van der Waals surface area (Å²) < 4.78 is 16.6. The number of carbonyl (C=O) groups is 1. The number of ketones is 1. The summed E-state index contributed by atoms with van der Waals surface area (Å²) >= 11 is 0. The minimum absolute atomic E-state index is 0.0690. The maximum absolute atomic E-state index is 12.7. The molecule has 0 unspecified atom stereocenters. The largest absolute Gasteiger partial charge is 0.454 e. The highest BCUT2D eigenvalue weighted by Gasteiger charge is 2.24. The van der Waals surface area contributed by atoms with Crippen LogP contribution in [0, 0.1) is 0 Å². The van der Waals surface area contributed by atoms with E-state index in [1.165, 1.54) is 0 Å². The number of hydrogen-bond acceptors (Lipinski definition) is 5. The van der Waals surface area contributed by atoms with E-state index in [1.54, 1.807) is 6.07 Å². The van der Waals surface area contributed by atoms with Crippen LogP contribution in [-0.4, -0.2) is 24.8 Å². The second-order valence-corrected chi connectivity index (χ2v) is 6.19. The van der Waals surface area contributed by atoms with Crippen LogP contribution in [0.1, 0.15) is 28.1 Å². The third kappa shape index (κ3) is 2.39. The number of rotatable bonds is 3. The van der Waals surface area contributed by atoms with E-state index in [0.717, 1.165) is 40.0 Å². The molecule has 2 aliphatic rings. The first-order valence-electron chi connectivity index (χ1n) is 8.26. The highest BCUT2D eigenvalue weighted by atomic mass is 16.7. The first-order valence-corrected chi connectivity index (χ1v) is 8.26. The van der Waals surface area contributed by atoms with E-state index in [9.17, 15) is 4.79 Å². The zero-order chi connectivity index (χ0) is 16.8. The van der Waals surface area contributed by atoms with E-state index < -0.39 is 0 Å². The smallest absolute Gasteiger partial charge is 0.231 e. The fourth-order valence-electron chi connectivity index (χ4n) is 3.37. The van der Waals surface area contributed by atoms with E-state index >= 15 is 0 Å². The van der Waals surface area contributed by atoms with Crippen molar-refractivity contribution in [3.05, 3.63) is 59.4 Å². The van der Waals surface area contributed by atoms with Crippen molar-refractivity contribution in [3.8, 4) is 11.5 Å². The van der Waals surface area contributed by atoms with Crippen LogP contribution in [0.4, 0.5) is 0 Å². The Morgan fingerprint density at radius 1 is 1.08 bits per heavy atom. The SMILES string of the molecule is O=C(CC1=NCCc2cc3c(cc21)OCO3)c1cc2ccccc2o1. The molecule has 3 heterocycles. The van der Waals surface area contributed by atoms with E-state index in [0.29, 0.717) is 18.1 Å². The molecule has 3 aromatic rings. The number of fused-ring (bicyclic) bond motifs is 3. The van der Waals surface area contributed by atoms with Gasteiger partial charge < -0.3 is 13.9 Å². The topological polar surface area (TPSA) is 61.0 Å². The number of benzene rings is 2. The Morgan fingerprint density at radius 3 is 2.80 bits per heavy atom. The first-order chi connectivity index (χ1) is 12.3. The molecule has 2 aliphatic heterocycles. The lowest BCUT2D eigenvalue weighted by Gasteiger charge is -2.17. The number of aliphatic imine (C=N–C) groups is 1. The molecule has 1 aromatic heterocycles. The molecule has 0 saturated heterocycles. The Morgan fingerprint density at radius 2 is 1.92 bits per heavy atom. The van der Waals surface area contributed by atoms with Gasteiger partial charge in [0.25, 0.3) is 0 Å². The van der Waals surface area contributed by atoms with Crippen LogP contribution < -0.4 is 9.47 Å². The lowest BCUT2D eigenvalue weighted by atomic mass is 9.94. The van der Waals surface area contributed by atoms with Gasteiger partial charge in [0.15, 0.2) is 17.3 Å². The molecule has 0 radical (unpaired) electrons. The van der Waals surface area contributed by atoms with Gasteiger partial charge in [-0.2, -0.15) is 0 Å². The third-order valence-corrected chi connectivity index (χ3v) is 4.62. The van der Waals surface area contributed by atoms with E-state index in [-0.39, 0.29) is 19.0 Å². The Bertz CT molecular complexity index is 998. The minimum Gasteiger partial charge on any atom is -0.454 e. The van der Waals surface area contributed by atoms with E-state index in [2.05, 4.69) is 4.99 Å². The van der Waals surface area contributed by atoms with Gasteiger partial charge in [0, 0.05) is 17.5 Å². The molecule has 0 saturated carbocycles. The number of furan rings is 1. The summed E-state index contributed by atoms with van der Waals surface area (Å²) in [5, 5.41) is 0.931. The first kappa shape index (κ1) is 14.3. The maximum atomic E-state index is 12.7. The Hall–Kier alpha value is -3.08. The van der Waals surface area contributed by atoms with Gasteiger partial charge in [0.1, 0.15) is 5.58 Å². The molecule has 0 atom stereocenters. The predicted octanol–water partition coefficient (Wildman–Crippen LogP) is 3.78. The van der Waals surface area contributed by atoms with Crippen LogP contribution in [0.5, 0.6) is 11.5 Å². The van der Waals surface area contributed by atoms with Gasteiger partial charge in [-0.05, 0) is 36.2 Å². The van der Waals surface area contributed by atoms with Crippen molar-refractivity contribution < 1.29 is 18.7 Å². The molecular weight excluding hydrogens is 318 g/mol. The Kier molecular flexibility index (Phi) is 3.13. The summed E-state index contributed by atoms with van der Waals surface area (Å²) in [6.07, 6.45) is 1.06. The molecular formula is C20H15NO4. The Balaban J connectivity index is 1.46. The molecule has 5 heteroatoms. The molecule has 0 bridgehead atoms. The average Bonchev–Trinajstić information content (AvgIpc) is 3.26. The van der Waals surface area contributed by atoms with Gasteiger partial charge >= 0.3 is 0 Å². The molecule has 25 heavy (non-hydrogen) atoms. The standard InChI is InChI=1S/C20H15NO4/c22-16(18-8-13-3-1-2-4-17(13)25-18)10-15-14-9-20-19(23-11-24-20)7-12(14)5-6-21-15/h1-4,7-9H,5-6,10-11H2. The summed E-state index contributed by atoms with van der Waals surface area (Å²) in [5.41, 5.74) is 3.62. The number of nitrogens with zero attached hydrogens (tertiary/aromatic N) is 1. The third-order valence-electron chi connectivity index (χ3n) is 4.62. The number of ether oxygens (including phenoxy) is 2. The highest BCUT2D eigenvalue weighted by molar-refractivity contribution is 6.16. The molecule has 124 valence electrons. The van der Waals surface area contributed by atoms with E-state index in [4.69, 9.17) is 13.9 Å². The fourth-order valence-corrected chi connectivity index (χ4v) is 3.37. The molecule has 5 rings (SSSR count). The summed E-state index contributed by atoms with van der Waals surface area (Å²) in [6, 6.07) is 13.3. The Labute approximate surface area is 143 Å². The van der Waals surface area contributed by atoms with Crippen LogP contribution in [0.15, 0.2) is 51.9 Å². The van der Waals surface area contributed by atoms with Crippen molar-refractivity contribution in [1.29, 1.82) is 0 Å². The van der Waals surface area contributed by atoms with Crippen molar-refractivity contribution in [2.75, 3.05) is 13.3 Å². The highest BCUT2D eigenvalue weighted by Crippen LogP contribution is 2.36. The van der Waals surface area contributed by atoms with Gasteiger partial charge in [-0.15, -0.1) is 0 Å². The van der Waals surface area contributed by atoms with Crippen molar-refractivity contribution in [2.45, 2.75) is 12.8 Å². The second kappa shape index (κ2) is 5.48. The zero-order valence-electron chi connectivity index (χ0n) is 13.5. The van der Waals surface area contributed by atoms with Gasteiger partial charge in [0.05, 0.1) is 12.1 Å². The monoisotopic (exact) mass is 333 g/mol. The second-order valence-electron chi connectivity index (χ2n) is 6.19. The molecule has 0 aliphatic carbocycles. The van der Waals surface area contributed by atoms with Crippen molar-refractivity contribution in [1.82, 2.24) is 0 Å². The van der Waals surface area contributed by atoms with Crippen molar-refractivity contribution >= 4 is 22.5 Å². The molecule has 0 amide bonds. The summed E-state index contributed by atoms with van der Waals surface area (Å²) in [5.74, 6) is 1.78. The quantitative estimate of drug-likeness (QED) is 0.684. The molecule has 0 fully saturated rings. The van der Waals surface area contributed by atoms with Gasteiger partial charge in [0.2, 0.25) is 12.6 Å². The molecule has 0 spiro atoms. The van der Waals surface area contributed by atoms with Gasteiger partial charge in [-0.25, -0.2) is 0 Å².